The number of Topliss-reactive ketones (excluding diaryl/α,β-unsaturated/α-hetero) is 1. The molecule has 6 atom stereocenters. The van der Waals surface area contributed by atoms with E-state index in [1.807, 2.05) is 6.08 Å². The van der Waals surface area contributed by atoms with Crippen molar-refractivity contribution >= 4 is 47.1 Å². The first-order valence-electron chi connectivity index (χ1n) is 10.7. The van der Waals surface area contributed by atoms with Crippen molar-refractivity contribution in [1.29, 1.82) is 0 Å². The molecule has 0 aromatic heterocycles. The van der Waals surface area contributed by atoms with Crippen molar-refractivity contribution in [3.63, 3.8) is 0 Å². The summed E-state index contributed by atoms with van der Waals surface area (Å²) in [4.78, 5) is 35.8. The van der Waals surface area contributed by atoms with Gasteiger partial charge in [-0.05, 0) is 79.6 Å². The van der Waals surface area contributed by atoms with Crippen LogP contribution < -0.4 is 0 Å². The zero-order chi connectivity index (χ0) is 19.4. The molecule has 28 heavy (non-hydrogen) atoms. The number of fused-ring (bicyclic) bond motifs is 5. The SMILES string of the molecule is CC(=O)OCC(=O)[C@H]1CC[C@H]2[C@@H]3CCC4=CC(=O)CC[C@]4(C)[C@H]3CC[C@]12C.[NaH]. The molecular formula is C23H33NaO4. The molecule has 0 unspecified atom stereocenters. The van der Waals surface area contributed by atoms with E-state index >= 15 is 0 Å². The summed E-state index contributed by atoms with van der Waals surface area (Å²) in [6.07, 6.45) is 10.1. The van der Waals surface area contributed by atoms with Gasteiger partial charge in [0.15, 0.2) is 11.6 Å². The van der Waals surface area contributed by atoms with Crippen LogP contribution in [0.4, 0.5) is 0 Å². The average molecular weight is 397 g/mol. The fourth-order valence-electron chi connectivity index (χ4n) is 7.36. The Kier molecular flexibility index (Phi) is 6.35. The van der Waals surface area contributed by atoms with Crippen molar-refractivity contribution in [3.8, 4) is 0 Å². The topological polar surface area (TPSA) is 60.4 Å². The van der Waals surface area contributed by atoms with Crippen LogP contribution in [0.15, 0.2) is 11.6 Å². The van der Waals surface area contributed by atoms with E-state index in [0.29, 0.717) is 30.0 Å². The van der Waals surface area contributed by atoms with Crippen LogP contribution in [-0.4, -0.2) is 53.7 Å². The van der Waals surface area contributed by atoms with Gasteiger partial charge in [-0.1, -0.05) is 19.4 Å². The third-order valence-corrected chi connectivity index (χ3v) is 8.77. The first-order chi connectivity index (χ1) is 12.8. The van der Waals surface area contributed by atoms with Crippen molar-refractivity contribution in [1.82, 2.24) is 0 Å². The molecule has 0 aromatic carbocycles. The monoisotopic (exact) mass is 396 g/mol. The first-order valence-corrected chi connectivity index (χ1v) is 10.7. The van der Waals surface area contributed by atoms with Crippen molar-refractivity contribution in [3.05, 3.63) is 11.6 Å². The second-order valence-corrected chi connectivity index (χ2v) is 9.89. The minimum absolute atomic E-state index is 0. The van der Waals surface area contributed by atoms with Gasteiger partial charge in [-0.3, -0.25) is 14.4 Å². The fourth-order valence-corrected chi connectivity index (χ4v) is 7.36. The van der Waals surface area contributed by atoms with E-state index in [4.69, 9.17) is 4.74 Å². The third-order valence-electron chi connectivity index (χ3n) is 8.77. The number of hydrogen-bond donors (Lipinski definition) is 0. The summed E-state index contributed by atoms with van der Waals surface area (Å²) in [5.74, 6) is 1.95. The normalized spacial score (nSPS) is 41.7. The quantitative estimate of drug-likeness (QED) is 0.540. The Hall–Kier alpha value is -0.450. The second kappa shape index (κ2) is 8.00. The predicted octanol–water partition coefficient (Wildman–Crippen LogP) is 3.62. The predicted molar refractivity (Wildman–Crippen MR) is 109 cm³/mol. The van der Waals surface area contributed by atoms with Crippen molar-refractivity contribution in [2.24, 2.45) is 34.5 Å². The molecule has 0 aliphatic heterocycles. The Morgan fingerprint density at radius 2 is 1.82 bits per heavy atom. The van der Waals surface area contributed by atoms with Crippen molar-refractivity contribution < 1.29 is 19.1 Å². The zero-order valence-corrected chi connectivity index (χ0v) is 16.9. The number of carbonyl (C=O) groups is 3. The Morgan fingerprint density at radius 1 is 1.07 bits per heavy atom. The van der Waals surface area contributed by atoms with Crippen molar-refractivity contribution in [2.75, 3.05) is 6.61 Å². The van der Waals surface area contributed by atoms with Crippen molar-refractivity contribution in [2.45, 2.75) is 72.1 Å². The van der Waals surface area contributed by atoms with E-state index in [2.05, 4.69) is 13.8 Å². The molecule has 5 heteroatoms. The summed E-state index contributed by atoms with van der Waals surface area (Å²) in [6, 6.07) is 0. The van der Waals surface area contributed by atoms with E-state index in [9.17, 15) is 14.4 Å². The van der Waals surface area contributed by atoms with Crippen LogP contribution in [0.3, 0.4) is 0 Å². The van der Waals surface area contributed by atoms with Gasteiger partial charge < -0.3 is 4.74 Å². The molecule has 4 aliphatic carbocycles. The molecule has 4 aliphatic rings. The van der Waals surface area contributed by atoms with Crippen LogP contribution in [-0.2, 0) is 19.1 Å². The number of carbonyl (C=O) groups excluding carboxylic acids is 3. The standard InChI is InChI=1S/C23H32O4.Na.H/c1-14(24)27-13-21(26)20-7-6-18-17-5-4-15-12-16(25)8-10-22(15,2)19(17)9-11-23(18,20)3;;/h12,17-20H,4-11,13H2,1-3H3;;/t17-,18-,19-,20+,22-,23-;;/m0../s1. The molecule has 3 fully saturated rings. The van der Waals surface area contributed by atoms with Gasteiger partial charge in [0, 0.05) is 19.3 Å². The van der Waals surface area contributed by atoms with E-state index in [1.54, 1.807) is 0 Å². The molecule has 0 saturated heterocycles. The van der Waals surface area contributed by atoms with Gasteiger partial charge in [0.2, 0.25) is 0 Å². The Bertz CT molecular complexity index is 713. The average Bonchev–Trinajstić information content (AvgIpc) is 2.97. The molecule has 0 N–H and O–H groups in total. The second-order valence-electron chi connectivity index (χ2n) is 9.89. The van der Waals surface area contributed by atoms with Crippen LogP contribution in [0.5, 0.6) is 0 Å². The Labute approximate surface area is 190 Å². The van der Waals surface area contributed by atoms with E-state index < -0.39 is 0 Å². The molecule has 0 aromatic rings. The van der Waals surface area contributed by atoms with Crippen LogP contribution in [0, 0.1) is 34.5 Å². The number of allylic oxidation sites excluding steroid dienone is 1. The molecule has 0 heterocycles. The molecular weight excluding hydrogens is 363 g/mol. The molecule has 0 bridgehead atoms. The van der Waals surface area contributed by atoms with E-state index in [1.165, 1.54) is 12.5 Å². The van der Waals surface area contributed by atoms with Gasteiger partial charge in [0.25, 0.3) is 0 Å². The van der Waals surface area contributed by atoms with Crippen LogP contribution >= 0.6 is 0 Å². The van der Waals surface area contributed by atoms with E-state index in [-0.39, 0.29) is 64.7 Å². The molecule has 4 rings (SSSR count). The van der Waals surface area contributed by atoms with Gasteiger partial charge in [0.05, 0.1) is 0 Å². The number of esters is 1. The summed E-state index contributed by atoms with van der Waals surface area (Å²) >= 11 is 0. The van der Waals surface area contributed by atoms with Gasteiger partial charge in [-0.25, -0.2) is 0 Å². The Balaban J connectivity index is 0.00000225. The third kappa shape index (κ3) is 3.48. The zero-order valence-electron chi connectivity index (χ0n) is 16.9. The molecule has 4 nitrogen and oxygen atoms in total. The summed E-state index contributed by atoms with van der Waals surface area (Å²) in [5.41, 5.74) is 1.61. The summed E-state index contributed by atoms with van der Waals surface area (Å²) in [7, 11) is 0. The van der Waals surface area contributed by atoms with Crippen LogP contribution in [0.25, 0.3) is 0 Å². The van der Waals surface area contributed by atoms with Gasteiger partial charge in [0.1, 0.15) is 6.61 Å². The van der Waals surface area contributed by atoms with Crippen LogP contribution in [0.1, 0.15) is 72.1 Å². The number of ether oxygens (including phenoxy) is 1. The molecule has 3 saturated carbocycles. The number of rotatable bonds is 3. The molecule has 0 spiro atoms. The number of hydrogen-bond acceptors (Lipinski definition) is 4. The number of ketones is 2. The van der Waals surface area contributed by atoms with E-state index in [0.717, 1.165) is 44.9 Å². The maximum absolute atomic E-state index is 12.8. The molecule has 0 radical (unpaired) electrons. The minimum atomic E-state index is -0.377. The van der Waals surface area contributed by atoms with Gasteiger partial charge in [-0.15, -0.1) is 0 Å². The summed E-state index contributed by atoms with van der Waals surface area (Å²) in [6.45, 7) is 6.00. The fraction of sp³-hybridized carbons (Fsp3) is 0.783. The Morgan fingerprint density at radius 3 is 2.54 bits per heavy atom. The first kappa shape index (κ1) is 22.2. The maximum atomic E-state index is 12.8. The van der Waals surface area contributed by atoms with Gasteiger partial charge in [-0.2, -0.15) is 0 Å². The molecule has 150 valence electrons. The summed E-state index contributed by atoms with van der Waals surface area (Å²) < 4.78 is 5.02. The van der Waals surface area contributed by atoms with Gasteiger partial charge >= 0.3 is 35.5 Å². The van der Waals surface area contributed by atoms with Crippen LogP contribution in [0.2, 0.25) is 0 Å². The molecule has 0 amide bonds. The summed E-state index contributed by atoms with van der Waals surface area (Å²) in [5, 5.41) is 0.